The lowest BCUT2D eigenvalue weighted by molar-refractivity contribution is 0.223. The average Bonchev–Trinajstić information content (AvgIpc) is 2.42. The number of hydrogen-bond acceptors (Lipinski definition) is 3. The number of anilines is 1. The molecule has 3 N–H and O–H groups in total. The molecule has 0 saturated carbocycles. The SMILES string of the molecule is Cc1cccc(C(N)=S)c1NC(C)CN1CCCCC1. The Kier molecular flexibility index (Phi) is 5.38. The lowest BCUT2D eigenvalue weighted by Crippen LogP contribution is -2.38. The van der Waals surface area contributed by atoms with Gasteiger partial charge in [-0.3, -0.25) is 0 Å². The number of piperidine rings is 1. The molecule has 1 saturated heterocycles. The van der Waals surface area contributed by atoms with E-state index in [2.05, 4.69) is 30.1 Å². The average molecular weight is 291 g/mol. The van der Waals surface area contributed by atoms with Crippen molar-refractivity contribution in [2.24, 2.45) is 5.73 Å². The Balaban J connectivity index is 2.03. The molecule has 3 nitrogen and oxygen atoms in total. The van der Waals surface area contributed by atoms with Crippen LogP contribution < -0.4 is 11.1 Å². The summed E-state index contributed by atoms with van der Waals surface area (Å²) in [5.41, 5.74) is 9.06. The highest BCUT2D eigenvalue weighted by Gasteiger charge is 2.15. The second kappa shape index (κ2) is 7.04. The normalized spacial score (nSPS) is 17.7. The van der Waals surface area contributed by atoms with Crippen molar-refractivity contribution in [3.05, 3.63) is 29.3 Å². The van der Waals surface area contributed by atoms with Crippen LogP contribution >= 0.6 is 12.2 Å². The van der Waals surface area contributed by atoms with Gasteiger partial charge in [-0.25, -0.2) is 0 Å². The monoisotopic (exact) mass is 291 g/mol. The molecule has 0 amide bonds. The minimum Gasteiger partial charge on any atom is -0.389 e. The molecule has 0 aromatic heterocycles. The molecule has 2 rings (SSSR count). The summed E-state index contributed by atoms with van der Waals surface area (Å²) in [6.07, 6.45) is 4.03. The summed E-state index contributed by atoms with van der Waals surface area (Å²) in [6, 6.07) is 6.48. The zero-order chi connectivity index (χ0) is 14.5. The van der Waals surface area contributed by atoms with Crippen molar-refractivity contribution < 1.29 is 0 Å². The largest absolute Gasteiger partial charge is 0.389 e. The van der Waals surface area contributed by atoms with Gasteiger partial charge in [-0.15, -0.1) is 0 Å². The Bertz CT molecular complexity index is 467. The molecule has 110 valence electrons. The van der Waals surface area contributed by atoms with Crippen LogP contribution in [0.15, 0.2) is 18.2 Å². The fourth-order valence-electron chi connectivity index (χ4n) is 2.89. The number of aryl methyl sites for hydroxylation is 1. The molecule has 4 heteroatoms. The maximum absolute atomic E-state index is 5.82. The summed E-state index contributed by atoms with van der Waals surface area (Å²) in [5, 5.41) is 3.60. The van der Waals surface area contributed by atoms with E-state index in [0.29, 0.717) is 11.0 Å². The molecule has 0 radical (unpaired) electrons. The van der Waals surface area contributed by atoms with Crippen molar-refractivity contribution in [1.82, 2.24) is 4.90 Å². The van der Waals surface area contributed by atoms with Gasteiger partial charge < -0.3 is 16.0 Å². The van der Waals surface area contributed by atoms with Crippen LogP contribution in [0.4, 0.5) is 5.69 Å². The molecule has 0 spiro atoms. The highest BCUT2D eigenvalue weighted by atomic mass is 32.1. The van der Waals surface area contributed by atoms with Crippen molar-refractivity contribution in [2.75, 3.05) is 25.0 Å². The Morgan fingerprint density at radius 3 is 2.70 bits per heavy atom. The smallest absolute Gasteiger partial charge is 0.106 e. The van der Waals surface area contributed by atoms with Gasteiger partial charge in [-0.05, 0) is 51.4 Å². The number of hydrogen-bond donors (Lipinski definition) is 2. The first kappa shape index (κ1) is 15.3. The maximum atomic E-state index is 5.82. The van der Waals surface area contributed by atoms with Gasteiger partial charge >= 0.3 is 0 Å². The molecular weight excluding hydrogens is 266 g/mol. The molecule has 1 heterocycles. The first-order valence-electron chi connectivity index (χ1n) is 7.46. The van der Waals surface area contributed by atoms with E-state index in [0.717, 1.165) is 17.8 Å². The van der Waals surface area contributed by atoms with Crippen LogP contribution in [0, 0.1) is 6.92 Å². The Morgan fingerprint density at radius 1 is 1.35 bits per heavy atom. The molecule has 20 heavy (non-hydrogen) atoms. The van der Waals surface area contributed by atoms with Crippen LogP contribution in [-0.4, -0.2) is 35.6 Å². The highest BCUT2D eigenvalue weighted by Crippen LogP contribution is 2.22. The first-order chi connectivity index (χ1) is 9.58. The number of thiocarbonyl (C=S) groups is 1. The number of para-hydroxylation sites is 1. The third kappa shape index (κ3) is 3.93. The summed E-state index contributed by atoms with van der Waals surface area (Å²) in [7, 11) is 0. The van der Waals surface area contributed by atoms with E-state index < -0.39 is 0 Å². The molecule has 0 aliphatic carbocycles. The summed E-state index contributed by atoms with van der Waals surface area (Å²) in [6.45, 7) is 7.84. The lowest BCUT2D eigenvalue weighted by atomic mass is 10.1. The van der Waals surface area contributed by atoms with Crippen molar-refractivity contribution >= 4 is 22.9 Å². The molecule has 1 aliphatic heterocycles. The second-order valence-corrected chi connectivity index (χ2v) is 6.21. The first-order valence-corrected chi connectivity index (χ1v) is 7.87. The summed E-state index contributed by atoms with van der Waals surface area (Å²) in [4.78, 5) is 3.00. The van der Waals surface area contributed by atoms with Gasteiger partial charge in [0.25, 0.3) is 0 Å². The third-order valence-corrected chi connectivity index (χ3v) is 4.13. The van der Waals surface area contributed by atoms with E-state index in [1.165, 1.54) is 37.9 Å². The summed E-state index contributed by atoms with van der Waals surface area (Å²) in [5.74, 6) is 0. The number of benzene rings is 1. The van der Waals surface area contributed by atoms with E-state index in [-0.39, 0.29) is 0 Å². The van der Waals surface area contributed by atoms with Gasteiger partial charge in [0, 0.05) is 23.8 Å². The zero-order valence-corrected chi connectivity index (χ0v) is 13.3. The van der Waals surface area contributed by atoms with E-state index in [1.807, 2.05) is 12.1 Å². The van der Waals surface area contributed by atoms with E-state index in [1.54, 1.807) is 0 Å². The second-order valence-electron chi connectivity index (χ2n) is 5.77. The molecule has 1 aromatic rings. The predicted octanol–water partition coefficient (Wildman–Crippen LogP) is 2.92. The number of nitrogens with zero attached hydrogens (tertiary/aromatic N) is 1. The fourth-order valence-corrected chi connectivity index (χ4v) is 3.06. The molecule has 0 bridgehead atoms. The summed E-state index contributed by atoms with van der Waals surface area (Å²) >= 11 is 5.15. The van der Waals surface area contributed by atoms with Crippen molar-refractivity contribution in [3.8, 4) is 0 Å². The minimum atomic E-state index is 0.391. The number of rotatable bonds is 5. The van der Waals surface area contributed by atoms with Crippen LogP contribution in [-0.2, 0) is 0 Å². The van der Waals surface area contributed by atoms with Crippen molar-refractivity contribution in [1.29, 1.82) is 0 Å². The molecule has 1 unspecified atom stereocenters. The van der Waals surface area contributed by atoms with Crippen molar-refractivity contribution in [3.63, 3.8) is 0 Å². The Labute approximate surface area is 127 Å². The van der Waals surface area contributed by atoms with Gasteiger partial charge in [-0.1, -0.05) is 30.8 Å². The Morgan fingerprint density at radius 2 is 2.05 bits per heavy atom. The van der Waals surface area contributed by atoms with Gasteiger partial charge in [-0.2, -0.15) is 0 Å². The van der Waals surface area contributed by atoms with E-state index in [4.69, 9.17) is 18.0 Å². The molecule has 1 aliphatic rings. The zero-order valence-electron chi connectivity index (χ0n) is 12.5. The van der Waals surface area contributed by atoms with Gasteiger partial charge in [0.05, 0.1) is 0 Å². The molecule has 1 aromatic carbocycles. The molecule has 1 atom stereocenters. The van der Waals surface area contributed by atoms with Crippen LogP contribution in [0.2, 0.25) is 0 Å². The number of nitrogens with two attached hydrogens (primary N) is 1. The van der Waals surface area contributed by atoms with Crippen LogP contribution in [0.5, 0.6) is 0 Å². The molecular formula is C16H25N3S. The summed E-state index contributed by atoms with van der Waals surface area (Å²) < 4.78 is 0. The van der Waals surface area contributed by atoms with Gasteiger partial charge in [0.1, 0.15) is 4.99 Å². The highest BCUT2D eigenvalue weighted by molar-refractivity contribution is 7.80. The number of likely N-dealkylation sites (tertiary alicyclic amines) is 1. The van der Waals surface area contributed by atoms with Crippen LogP contribution in [0.1, 0.15) is 37.3 Å². The number of nitrogens with one attached hydrogen (secondary N) is 1. The quantitative estimate of drug-likeness (QED) is 0.819. The van der Waals surface area contributed by atoms with Gasteiger partial charge in [0.15, 0.2) is 0 Å². The third-order valence-electron chi connectivity index (χ3n) is 3.91. The maximum Gasteiger partial charge on any atom is 0.106 e. The molecule has 1 fully saturated rings. The Hall–Kier alpha value is -1.13. The topological polar surface area (TPSA) is 41.3 Å². The van der Waals surface area contributed by atoms with Crippen LogP contribution in [0.3, 0.4) is 0 Å². The minimum absolute atomic E-state index is 0.391. The van der Waals surface area contributed by atoms with Crippen LogP contribution in [0.25, 0.3) is 0 Å². The van der Waals surface area contributed by atoms with E-state index in [9.17, 15) is 0 Å². The van der Waals surface area contributed by atoms with Crippen molar-refractivity contribution in [2.45, 2.75) is 39.2 Å². The fraction of sp³-hybridized carbons (Fsp3) is 0.562. The lowest BCUT2D eigenvalue weighted by Gasteiger charge is -2.30. The predicted molar refractivity (Wildman–Crippen MR) is 90.4 cm³/mol. The van der Waals surface area contributed by atoms with Gasteiger partial charge in [0.2, 0.25) is 0 Å². The van der Waals surface area contributed by atoms with E-state index >= 15 is 0 Å². The standard InChI is InChI=1S/C16H25N3S/c1-12-7-6-8-14(16(17)20)15(12)18-13(2)11-19-9-4-3-5-10-19/h6-8,13,18H,3-5,9-11H2,1-2H3,(H2,17,20).